The molecule has 2 fully saturated rings. The molecule has 3 aliphatic heterocycles. The number of fused-ring (bicyclic) bond motifs is 2. The number of aromatic nitrogens is 3. The van der Waals surface area contributed by atoms with Crippen LogP contribution in [0.1, 0.15) is 17.9 Å². The summed E-state index contributed by atoms with van der Waals surface area (Å²) in [7, 11) is 0. The first kappa shape index (κ1) is 26.5. The maximum absolute atomic E-state index is 13.3. The predicted molar refractivity (Wildman–Crippen MR) is 149 cm³/mol. The van der Waals surface area contributed by atoms with Gasteiger partial charge in [-0.15, -0.1) is 23.1 Å². The Hall–Kier alpha value is -4.70. The molecule has 1 aromatic carbocycles. The van der Waals surface area contributed by atoms with E-state index in [1.807, 2.05) is 24.3 Å². The van der Waals surface area contributed by atoms with Gasteiger partial charge in [0.15, 0.2) is 10.8 Å². The smallest absolute Gasteiger partial charge is 0.352 e. The van der Waals surface area contributed by atoms with Crippen molar-refractivity contribution in [2.45, 2.75) is 24.3 Å². The summed E-state index contributed by atoms with van der Waals surface area (Å²) in [5.41, 5.74) is 7.80. The number of para-hydroxylation sites is 2. The van der Waals surface area contributed by atoms with E-state index in [0.717, 1.165) is 27.3 Å². The van der Waals surface area contributed by atoms with Crippen molar-refractivity contribution in [3.63, 3.8) is 0 Å². The van der Waals surface area contributed by atoms with Crippen molar-refractivity contribution in [2.75, 3.05) is 18.0 Å². The number of carboxylic acids is 1. The molecule has 3 amide bonds. The van der Waals surface area contributed by atoms with Gasteiger partial charge in [0.25, 0.3) is 11.8 Å². The summed E-state index contributed by atoms with van der Waals surface area (Å²) in [6.07, 6.45) is 0.556. The second-order valence-corrected chi connectivity index (χ2v) is 11.3. The lowest BCUT2D eigenvalue weighted by Crippen LogP contribution is -2.71. The van der Waals surface area contributed by atoms with Gasteiger partial charge in [0.1, 0.15) is 28.6 Å². The first-order valence-electron chi connectivity index (χ1n) is 12.4. The largest absolute Gasteiger partial charge is 0.477 e. The van der Waals surface area contributed by atoms with Crippen LogP contribution in [-0.2, 0) is 25.6 Å². The molecular formula is C25H22N8O6S2. The van der Waals surface area contributed by atoms with Crippen LogP contribution < -0.4 is 16.4 Å². The number of anilines is 1. The Bertz CT molecular complexity index is 1690. The second-order valence-electron chi connectivity index (χ2n) is 9.35. The molecule has 0 spiro atoms. The number of carbonyl (C=O) groups excluding carboxylic acids is 3. The number of nitrogen functional groups attached to an aromatic ring is 1. The second kappa shape index (κ2) is 10.4. The molecule has 0 radical (unpaired) electrons. The van der Waals surface area contributed by atoms with Crippen molar-refractivity contribution < 1.29 is 29.5 Å². The summed E-state index contributed by atoms with van der Waals surface area (Å²) in [6.45, 7) is 0.416. The lowest BCUT2D eigenvalue weighted by atomic mass is 9.92. The molecule has 2 atom stereocenters. The zero-order valence-electron chi connectivity index (χ0n) is 21.1. The van der Waals surface area contributed by atoms with Crippen LogP contribution in [0.3, 0.4) is 0 Å². The number of hydrogen-bond acceptors (Lipinski definition) is 11. The van der Waals surface area contributed by atoms with Gasteiger partial charge in [-0.1, -0.05) is 17.3 Å². The number of nitrogens with two attached hydrogens (primary N) is 1. The number of nitrogens with one attached hydrogen (secondary N) is 3. The molecular weight excluding hydrogens is 572 g/mol. The van der Waals surface area contributed by atoms with Crippen LogP contribution >= 0.6 is 23.1 Å². The number of thiazole rings is 1. The third-order valence-electron chi connectivity index (χ3n) is 6.98. The van der Waals surface area contributed by atoms with Crippen LogP contribution in [0.15, 0.2) is 57.2 Å². The first-order chi connectivity index (χ1) is 19.8. The molecule has 5 heterocycles. The summed E-state index contributed by atoms with van der Waals surface area (Å²) in [4.78, 5) is 64.3. The Labute approximate surface area is 239 Å². The van der Waals surface area contributed by atoms with Crippen molar-refractivity contribution in [1.82, 2.24) is 30.5 Å². The Morgan fingerprint density at radius 1 is 1.24 bits per heavy atom. The Morgan fingerprint density at radius 3 is 2.71 bits per heavy atom. The summed E-state index contributed by atoms with van der Waals surface area (Å²) in [5, 5.41) is 28.8. The van der Waals surface area contributed by atoms with Crippen molar-refractivity contribution >= 4 is 68.7 Å². The summed E-state index contributed by atoms with van der Waals surface area (Å²) >= 11 is 2.30. The van der Waals surface area contributed by atoms with E-state index in [9.17, 15) is 29.5 Å². The van der Waals surface area contributed by atoms with Crippen molar-refractivity contribution in [2.24, 2.45) is 5.16 Å². The monoisotopic (exact) mass is 594 g/mol. The van der Waals surface area contributed by atoms with Crippen molar-refractivity contribution in [1.29, 1.82) is 0 Å². The van der Waals surface area contributed by atoms with E-state index >= 15 is 0 Å². The zero-order chi connectivity index (χ0) is 28.8. The Kier molecular flexibility index (Phi) is 6.70. The van der Waals surface area contributed by atoms with Crippen molar-refractivity contribution in [3.05, 3.63) is 63.6 Å². The number of thioether (sulfide) groups is 1. The van der Waals surface area contributed by atoms with Gasteiger partial charge in [-0.2, -0.15) is 0 Å². The topological polar surface area (TPSA) is 216 Å². The number of carboxylic acid groups (broad SMARTS) is 1. The van der Waals surface area contributed by atoms with Crippen LogP contribution in [-0.4, -0.2) is 83.3 Å². The first-order valence-corrected chi connectivity index (χ1v) is 14.3. The molecule has 41 heavy (non-hydrogen) atoms. The predicted octanol–water partition coefficient (Wildman–Crippen LogP) is 0.578. The number of aromatic amines is 1. The minimum absolute atomic E-state index is 0.0394. The van der Waals surface area contributed by atoms with E-state index in [1.165, 1.54) is 17.1 Å². The van der Waals surface area contributed by atoms with Gasteiger partial charge in [-0.3, -0.25) is 19.3 Å². The van der Waals surface area contributed by atoms with E-state index in [4.69, 9.17) is 5.73 Å². The van der Waals surface area contributed by atoms with Gasteiger partial charge in [-0.25, -0.2) is 14.8 Å². The number of carbonyl (C=O) groups is 4. The highest BCUT2D eigenvalue weighted by atomic mass is 32.2. The van der Waals surface area contributed by atoms with E-state index < -0.39 is 34.9 Å². The van der Waals surface area contributed by atoms with Crippen LogP contribution in [0.4, 0.5) is 5.13 Å². The Morgan fingerprint density at radius 2 is 2.05 bits per heavy atom. The van der Waals surface area contributed by atoms with Gasteiger partial charge in [0.2, 0.25) is 5.91 Å². The molecule has 2 saturated heterocycles. The fourth-order valence-electron chi connectivity index (χ4n) is 5.13. The summed E-state index contributed by atoms with van der Waals surface area (Å²) in [6, 6.07) is 6.36. The number of benzene rings is 1. The summed E-state index contributed by atoms with van der Waals surface area (Å²) in [5.74, 6) is -2.42. The maximum Gasteiger partial charge on any atom is 0.352 e. The molecule has 6 rings (SSSR count). The molecule has 0 bridgehead atoms. The maximum atomic E-state index is 13.3. The lowest BCUT2D eigenvalue weighted by molar-refractivity contribution is -0.150. The molecule has 14 nitrogen and oxygen atoms in total. The van der Waals surface area contributed by atoms with E-state index in [1.54, 1.807) is 0 Å². The fraction of sp³-hybridized carbons (Fsp3) is 0.240. The molecule has 16 heteroatoms. The number of hydrogen-bond donors (Lipinski definition) is 6. The van der Waals surface area contributed by atoms with Crippen LogP contribution in [0, 0.1) is 0 Å². The van der Waals surface area contributed by atoms with Gasteiger partial charge in [-0.05, 0) is 29.7 Å². The number of H-pyrrole nitrogens is 1. The quantitative estimate of drug-likeness (QED) is 0.0735. The number of amides is 3. The van der Waals surface area contributed by atoms with E-state index in [2.05, 4.69) is 30.7 Å². The van der Waals surface area contributed by atoms with Gasteiger partial charge in [0, 0.05) is 29.7 Å². The Balaban J connectivity index is 1.32. The third-order valence-corrected chi connectivity index (χ3v) is 8.94. The van der Waals surface area contributed by atoms with E-state index in [-0.39, 0.29) is 34.6 Å². The number of aliphatic carboxylic acids is 1. The van der Waals surface area contributed by atoms with Crippen LogP contribution in [0.5, 0.6) is 0 Å². The molecule has 0 saturated carbocycles. The lowest BCUT2D eigenvalue weighted by Gasteiger charge is -2.49. The minimum Gasteiger partial charge on any atom is -0.477 e. The van der Waals surface area contributed by atoms with Gasteiger partial charge in [0.05, 0.1) is 11.0 Å². The van der Waals surface area contributed by atoms with E-state index in [0.29, 0.717) is 35.5 Å². The highest BCUT2D eigenvalue weighted by molar-refractivity contribution is 8.00. The highest BCUT2D eigenvalue weighted by Gasteiger charge is 2.55. The SMILES string of the molecule is Nc1nc(C(=NO)C(=O)N[C@@H]2C(=O)N3C(C(=O)O)=C(C(Cc4nc5ccccc5[nH]4)=C4CCNC4=O)CS[C@H]23)cs1. The summed E-state index contributed by atoms with van der Waals surface area (Å²) < 4.78 is 0. The normalized spacial score (nSPS) is 22.0. The molecule has 3 aromatic rings. The zero-order valence-corrected chi connectivity index (χ0v) is 22.7. The minimum atomic E-state index is -1.33. The number of allylic oxidation sites excluding steroid dienone is 1. The van der Waals surface area contributed by atoms with Crippen LogP contribution in [0.2, 0.25) is 0 Å². The molecule has 0 aliphatic carbocycles. The van der Waals surface area contributed by atoms with Crippen molar-refractivity contribution in [3.8, 4) is 0 Å². The number of β-lactam (4-membered cyclic amide) rings is 1. The molecule has 0 unspecified atom stereocenters. The highest BCUT2D eigenvalue weighted by Crippen LogP contribution is 2.43. The van der Waals surface area contributed by atoms with Gasteiger partial charge < -0.3 is 31.7 Å². The number of rotatable bonds is 7. The standard InChI is InChI=1S/C25H22N8O6S2/c26-25-30-15(9-41-25)17(32-39)21(35)31-18-22(36)33-19(24(37)38)12(8-40-23(18)33)11(10-5-6-27-20(10)34)7-16-28-13-3-1-2-4-14(13)29-16/h1-4,9,18,23,39H,5-8H2,(H2,26,30)(H,27,34)(H,28,29)(H,31,35)(H,37,38)/t18-,23-/m1/s1. The third kappa shape index (κ3) is 4.59. The molecule has 2 aromatic heterocycles. The average Bonchev–Trinajstić information content (AvgIpc) is 3.69. The molecule has 7 N–H and O–H groups in total. The number of oxime groups is 1. The molecule has 3 aliphatic rings. The average molecular weight is 595 g/mol. The van der Waals surface area contributed by atoms with Gasteiger partial charge >= 0.3 is 5.97 Å². The number of nitrogens with zero attached hydrogens (tertiary/aromatic N) is 4. The number of imidazole rings is 1. The van der Waals surface area contributed by atoms with Crippen LogP contribution in [0.25, 0.3) is 11.0 Å². The molecule has 210 valence electrons. The fourth-order valence-corrected chi connectivity index (χ4v) is 7.06.